The summed E-state index contributed by atoms with van der Waals surface area (Å²) in [4.78, 5) is 2.17. The standard InChI is InChI=1S/C14H19ClN2O/c1-11-8-13(15)9-12(14(11)18-3)10-17(2)7-5-4-6-16/h8-9H,4-5,7,10H2,1-3H3. The summed E-state index contributed by atoms with van der Waals surface area (Å²) in [5.41, 5.74) is 2.13. The van der Waals surface area contributed by atoms with Crippen LogP contribution < -0.4 is 4.74 Å². The molecule has 18 heavy (non-hydrogen) atoms. The fourth-order valence-corrected chi connectivity index (χ4v) is 2.30. The van der Waals surface area contributed by atoms with Crippen LogP contribution in [0.4, 0.5) is 0 Å². The summed E-state index contributed by atoms with van der Waals surface area (Å²) in [5, 5.41) is 9.25. The first-order chi connectivity index (χ1) is 8.58. The molecule has 3 nitrogen and oxygen atoms in total. The van der Waals surface area contributed by atoms with Gasteiger partial charge in [-0.15, -0.1) is 0 Å². The van der Waals surface area contributed by atoms with Gasteiger partial charge in [-0.25, -0.2) is 0 Å². The molecule has 0 saturated carbocycles. The van der Waals surface area contributed by atoms with Crippen LogP contribution in [-0.4, -0.2) is 25.6 Å². The van der Waals surface area contributed by atoms with Gasteiger partial charge >= 0.3 is 0 Å². The van der Waals surface area contributed by atoms with E-state index in [2.05, 4.69) is 11.0 Å². The Balaban J connectivity index is 2.74. The highest BCUT2D eigenvalue weighted by molar-refractivity contribution is 6.30. The van der Waals surface area contributed by atoms with Crippen molar-refractivity contribution in [1.82, 2.24) is 4.90 Å². The van der Waals surface area contributed by atoms with E-state index in [1.807, 2.05) is 26.1 Å². The summed E-state index contributed by atoms with van der Waals surface area (Å²) in [6.45, 7) is 3.65. The highest BCUT2D eigenvalue weighted by atomic mass is 35.5. The van der Waals surface area contributed by atoms with Gasteiger partial charge in [0.1, 0.15) is 5.75 Å². The molecule has 0 atom stereocenters. The Hall–Kier alpha value is -1.24. The van der Waals surface area contributed by atoms with E-state index in [1.54, 1.807) is 7.11 Å². The molecule has 0 heterocycles. The summed E-state index contributed by atoms with van der Waals surface area (Å²) in [6, 6.07) is 6.00. The summed E-state index contributed by atoms with van der Waals surface area (Å²) in [7, 11) is 3.71. The van der Waals surface area contributed by atoms with Gasteiger partial charge in [0, 0.05) is 23.6 Å². The van der Waals surface area contributed by atoms with E-state index in [0.717, 1.165) is 41.4 Å². The van der Waals surface area contributed by atoms with E-state index in [0.29, 0.717) is 6.42 Å². The van der Waals surface area contributed by atoms with Crippen molar-refractivity contribution >= 4 is 11.6 Å². The van der Waals surface area contributed by atoms with E-state index in [9.17, 15) is 0 Å². The minimum atomic E-state index is 0.593. The highest BCUT2D eigenvalue weighted by Crippen LogP contribution is 2.28. The topological polar surface area (TPSA) is 36.3 Å². The Bertz CT molecular complexity index is 440. The van der Waals surface area contributed by atoms with Gasteiger partial charge in [0.2, 0.25) is 0 Å². The molecule has 0 amide bonds. The third kappa shape index (κ3) is 4.21. The van der Waals surface area contributed by atoms with Crippen LogP contribution in [0.3, 0.4) is 0 Å². The van der Waals surface area contributed by atoms with Crippen LogP contribution in [0.5, 0.6) is 5.75 Å². The number of halogens is 1. The van der Waals surface area contributed by atoms with Crippen molar-refractivity contribution in [2.75, 3.05) is 20.7 Å². The predicted molar refractivity (Wildman–Crippen MR) is 73.9 cm³/mol. The van der Waals surface area contributed by atoms with E-state index in [-0.39, 0.29) is 0 Å². The number of aryl methyl sites for hydroxylation is 1. The zero-order valence-corrected chi connectivity index (χ0v) is 11.9. The Morgan fingerprint density at radius 1 is 1.44 bits per heavy atom. The van der Waals surface area contributed by atoms with Crippen LogP contribution in [0.15, 0.2) is 12.1 Å². The van der Waals surface area contributed by atoms with Crippen LogP contribution in [0.2, 0.25) is 5.02 Å². The Morgan fingerprint density at radius 3 is 2.78 bits per heavy atom. The molecule has 0 N–H and O–H groups in total. The minimum absolute atomic E-state index is 0.593. The van der Waals surface area contributed by atoms with Gasteiger partial charge < -0.3 is 9.64 Å². The van der Waals surface area contributed by atoms with Crippen LogP contribution in [0, 0.1) is 18.3 Å². The van der Waals surface area contributed by atoms with Gasteiger partial charge in [0.05, 0.1) is 13.2 Å². The highest BCUT2D eigenvalue weighted by Gasteiger charge is 2.10. The summed E-state index contributed by atoms with van der Waals surface area (Å²) in [5.74, 6) is 0.895. The van der Waals surface area contributed by atoms with Crippen molar-refractivity contribution in [3.63, 3.8) is 0 Å². The lowest BCUT2D eigenvalue weighted by molar-refractivity contribution is 0.314. The second kappa shape index (κ2) is 7.25. The fourth-order valence-electron chi connectivity index (χ4n) is 2.01. The average Bonchev–Trinajstić information content (AvgIpc) is 2.28. The fraction of sp³-hybridized carbons (Fsp3) is 0.500. The molecule has 0 aliphatic rings. The lowest BCUT2D eigenvalue weighted by atomic mass is 10.1. The number of hydrogen-bond acceptors (Lipinski definition) is 3. The molecule has 4 heteroatoms. The molecule has 1 aromatic carbocycles. The number of hydrogen-bond donors (Lipinski definition) is 0. The number of nitriles is 1. The number of unbranched alkanes of at least 4 members (excludes halogenated alkanes) is 1. The molecule has 0 bridgehead atoms. The smallest absolute Gasteiger partial charge is 0.126 e. The summed E-state index contributed by atoms with van der Waals surface area (Å²) < 4.78 is 5.42. The molecule has 0 aliphatic heterocycles. The monoisotopic (exact) mass is 266 g/mol. The van der Waals surface area contributed by atoms with Gasteiger partial charge in [0.25, 0.3) is 0 Å². The zero-order chi connectivity index (χ0) is 13.5. The van der Waals surface area contributed by atoms with Crippen molar-refractivity contribution in [3.8, 4) is 11.8 Å². The van der Waals surface area contributed by atoms with Crippen LogP contribution in [0.1, 0.15) is 24.0 Å². The van der Waals surface area contributed by atoms with E-state index >= 15 is 0 Å². The van der Waals surface area contributed by atoms with Gasteiger partial charge in [-0.05, 0) is 44.6 Å². The van der Waals surface area contributed by atoms with Crippen molar-refractivity contribution in [3.05, 3.63) is 28.3 Å². The molecule has 0 aromatic heterocycles. The number of nitrogens with zero attached hydrogens (tertiary/aromatic N) is 2. The van der Waals surface area contributed by atoms with Gasteiger partial charge in [-0.2, -0.15) is 5.26 Å². The maximum Gasteiger partial charge on any atom is 0.126 e. The zero-order valence-electron chi connectivity index (χ0n) is 11.2. The first-order valence-corrected chi connectivity index (χ1v) is 6.34. The van der Waals surface area contributed by atoms with Crippen molar-refractivity contribution in [1.29, 1.82) is 5.26 Å². The third-order valence-electron chi connectivity index (χ3n) is 2.79. The van der Waals surface area contributed by atoms with Crippen molar-refractivity contribution in [2.24, 2.45) is 0 Å². The molecule has 0 spiro atoms. The maximum absolute atomic E-state index is 8.52. The SMILES string of the molecule is COc1c(C)cc(Cl)cc1CN(C)CCCC#N. The largest absolute Gasteiger partial charge is 0.496 e. The van der Waals surface area contributed by atoms with Gasteiger partial charge in [-0.3, -0.25) is 0 Å². The Morgan fingerprint density at radius 2 is 2.17 bits per heavy atom. The molecular weight excluding hydrogens is 248 g/mol. The summed E-state index contributed by atoms with van der Waals surface area (Å²) in [6.07, 6.45) is 1.48. The number of benzene rings is 1. The molecule has 0 fully saturated rings. The molecule has 0 radical (unpaired) electrons. The van der Waals surface area contributed by atoms with Crippen LogP contribution >= 0.6 is 11.6 Å². The average molecular weight is 267 g/mol. The van der Waals surface area contributed by atoms with Crippen molar-refractivity contribution in [2.45, 2.75) is 26.3 Å². The molecular formula is C14H19ClN2O. The van der Waals surface area contributed by atoms with Crippen LogP contribution in [-0.2, 0) is 6.54 Å². The number of ether oxygens (including phenoxy) is 1. The third-order valence-corrected chi connectivity index (χ3v) is 3.01. The first-order valence-electron chi connectivity index (χ1n) is 5.97. The second-order valence-electron chi connectivity index (χ2n) is 4.41. The summed E-state index contributed by atoms with van der Waals surface area (Å²) >= 11 is 6.07. The number of methoxy groups -OCH3 is 1. The predicted octanol–water partition coefficient (Wildman–Crippen LogP) is 3.39. The van der Waals surface area contributed by atoms with Crippen molar-refractivity contribution < 1.29 is 4.74 Å². The van der Waals surface area contributed by atoms with Crippen LogP contribution in [0.25, 0.3) is 0 Å². The minimum Gasteiger partial charge on any atom is -0.496 e. The lowest BCUT2D eigenvalue weighted by Gasteiger charge is -2.19. The molecule has 0 saturated heterocycles. The van der Waals surface area contributed by atoms with Gasteiger partial charge in [0.15, 0.2) is 0 Å². The van der Waals surface area contributed by atoms with E-state index < -0.39 is 0 Å². The first kappa shape index (κ1) is 14.8. The molecule has 98 valence electrons. The maximum atomic E-state index is 8.52. The normalized spacial score (nSPS) is 10.4. The van der Waals surface area contributed by atoms with Gasteiger partial charge in [-0.1, -0.05) is 11.6 Å². The molecule has 1 rings (SSSR count). The number of rotatable bonds is 6. The quantitative estimate of drug-likeness (QED) is 0.741. The Kier molecular flexibility index (Phi) is 5.97. The Labute approximate surface area is 114 Å². The lowest BCUT2D eigenvalue weighted by Crippen LogP contribution is -2.19. The second-order valence-corrected chi connectivity index (χ2v) is 4.85. The molecule has 0 aliphatic carbocycles. The van der Waals surface area contributed by atoms with E-state index in [1.165, 1.54) is 0 Å². The molecule has 0 unspecified atom stereocenters. The molecule has 1 aromatic rings. The van der Waals surface area contributed by atoms with E-state index in [4.69, 9.17) is 21.6 Å².